The molecule has 7 nitrogen and oxygen atoms in total. The van der Waals surface area contributed by atoms with Crippen molar-refractivity contribution in [2.45, 2.75) is 6.92 Å². The number of carbonyl (C=O) groups excluding carboxylic acids is 3. The molecular formula is C21H25ClN4O3. The molecule has 2 aromatic carbocycles. The number of likely N-dealkylation sites (N-methyl/N-ethyl adjacent to an activating group) is 2. The third kappa shape index (κ3) is 7.56. The highest BCUT2D eigenvalue weighted by atomic mass is 35.5. The number of carbonyl (C=O) groups is 3. The number of para-hydroxylation sites is 1. The van der Waals surface area contributed by atoms with Crippen LogP contribution >= 0.6 is 11.6 Å². The fraction of sp³-hybridized carbons (Fsp3) is 0.286. The van der Waals surface area contributed by atoms with Gasteiger partial charge in [-0.25, -0.2) is 0 Å². The molecule has 0 atom stereocenters. The molecule has 0 unspecified atom stereocenters. The first-order valence-corrected chi connectivity index (χ1v) is 9.46. The second-order valence-corrected chi connectivity index (χ2v) is 7.27. The Bertz CT molecular complexity index is 870. The van der Waals surface area contributed by atoms with Crippen molar-refractivity contribution in [2.24, 2.45) is 0 Å². The van der Waals surface area contributed by atoms with Crippen LogP contribution in [0.3, 0.4) is 0 Å². The van der Waals surface area contributed by atoms with Crippen molar-refractivity contribution in [3.63, 3.8) is 0 Å². The fourth-order valence-corrected chi connectivity index (χ4v) is 2.73. The van der Waals surface area contributed by atoms with E-state index in [1.54, 1.807) is 55.4 Å². The molecule has 0 fully saturated rings. The summed E-state index contributed by atoms with van der Waals surface area (Å²) in [5.74, 6) is -0.839. The van der Waals surface area contributed by atoms with Crippen LogP contribution in [0.4, 0.5) is 11.4 Å². The van der Waals surface area contributed by atoms with Crippen LogP contribution in [0.2, 0.25) is 5.02 Å². The Morgan fingerprint density at radius 2 is 1.48 bits per heavy atom. The summed E-state index contributed by atoms with van der Waals surface area (Å²) in [6.07, 6.45) is 0. The topological polar surface area (TPSA) is 81.8 Å². The Hall–Kier alpha value is -2.90. The van der Waals surface area contributed by atoms with Crippen molar-refractivity contribution >= 4 is 40.7 Å². The molecule has 0 radical (unpaired) electrons. The van der Waals surface area contributed by atoms with Crippen molar-refractivity contribution < 1.29 is 14.4 Å². The smallest absolute Gasteiger partial charge is 0.243 e. The third-order valence-corrected chi connectivity index (χ3v) is 4.44. The summed E-state index contributed by atoms with van der Waals surface area (Å²) in [6.45, 7) is 1.90. The SMILES string of the molecule is Cc1ccc(NC(=O)CN(C)C(=O)CN(C)CC(=O)Nc2ccccc2Cl)cc1. The number of halogens is 1. The van der Waals surface area contributed by atoms with Gasteiger partial charge >= 0.3 is 0 Å². The van der Waals surface area contributed by atoms with Crippen LogP contribution in [0.25, 0.3) is 0 Å². The summed E-state index contributed by atoms with van der Waals surface area (Å²) in [6, 6.07) is 14.3. The Morgan fingerprint density at radius 1 is 0.862 bits per heavy atom. The highest BCUT2D eigenvalue weighted by molar-refractivity contribution is 6.33. The molecule has 3 amide bonds. The van der Waals surface area contributed by atoms with Crippen LogP contribution in [0.1, 0.15) is 5.56 Å². The second-order valence-electron chi connectivity index (χ2n) is 6.86. The molecule has 0 heterocycles. The van der Waals surface area contributed by atoms with E-state index in [2.05, 4.69) is 10.6 Å². The maximum atomic E-state index is 12.3. The predicted octanol–water partition coefficient (Wildman–Crippen LogP) is 2.62. The van der Waals surface area contributed by atoms with Gasteiger partial charge in [-0.2, -0.15) is 0 Å². The monoisotopic (exact) mass is 416 g/mol. The Labute approximate surface area is 175 Å². The Morgan fingerprint density at radius 3 is 2.14 bits per heavy atom. The van der Waals surface area contributed by atoms with Crippen molar-refractivity contribution in [1.82, 2.24) is 9.80 Å². The molecule has 0 aromatic heterocycles. The van der Waals surface area contributed by atoms with E-state index in [9.17, 15) is 14.4 Å². The molecule has 0 spiro atoms. The Kier molecular flexibility index (Phi) is 8.18. The van der Waals surface area contributed by atoms with Crippen LogP contribution in [0.5, 0.6) is 0 Å². The van der Waals surface area contributed by atoms with E-state index in [0.29, 0.717) is 16.4 Å². The lowest BCUT2D eigenvalue weighted by Crippen LogP contribution is -2.42. The van der Waals surface area contributed by atoms with Crippen LogP contribution in [0.15, 0.2) is 48.5 Å². The van der Waals surface area contributed by atoms with Crippen LogP contribution in [0, 0.1) is 6.92 Å². The zero-order valence-electron chi connectivity index (χ0n) is 16.7. The number of aryl methyl sites for hydroxylation is 1. The van der Waals surface area contributed by atoms with Gasteiger partial charge in [0.2, 0.25) is 17.7 Å². The van der Waals surface area contributed by atoms with E-state index in [4.69, 9.17) is 11.6 Å². The fourth-order valence-electron chi connectivity index (χ4n) is 2.55. The molecule has 2 rings (SSSR count). The number of amides is 3. The molecule has 2 N–H and O–H groups in total. The molecule has 0 saturated carbocycles. The standard InChI is InChI=1S/C21H25ClN4O3/c1-15-8-10-16(11-9-15)23-20(28)13-26(3)21(29)14-25(2)12-19(27)24-18-7-5-4-6-17(18)22/h4-11H,12-14H2,1-3H3,(H,23,28)(H,24,27). The van der Waals surface area contributed by atoms with E-state index in [-0.39, 0.29) is 37.4 Å². The van der Waals surface area contributed by atoms with E-state index in [0.717, 1.165) is 5.56 Å². The van der Waals surface area contributed by atoms with Crippen molar-refractivity contribution in [2.75, 3.05) is 44.4 Å². The average molecular weight is 417 g/mol. The minimum absolute atomic E-state index is 0.00422. The van der Waals surface area contributed by atoms with E-state index in [1.165, 1.54) is 4.90 Å². The zero-order chi connectivity index (χ0) is 21.4. The number of nitrogens with one attached hydrogen (secondary N) is 2. The van der Waals surface area contributed by atoms with Crippen molar-refractivity contribution in [1.29, 1.82) is 0 Å². The number of anilines is 2. The van der Waals surface area contributed by atoms with Crippen LogP contribution < -0.4 is 10.6 Å². The molecule has 8 heteroatoms. The lowest BCUT2D eigenvalue weighted by molar-refractivity contribution is -0.134. The van der Waals surface area contributed by atoms with Gasteiger partial charge in [-0.15, -0.1) is 0 Å². The normalized spacial score (nSPS) is 10.5. The largest absolute Gasteiger partial charge is 0.335 e. The van der Waals surface area contributed by atoms with Crippen LogP contribution in [-0.4, -0.2) is 61.3 Å². The molecule has 29 heavy (non-hydrogen) atoms. The number of nitrogens with zero attached hydrogens (tertiary/aromatic N) is 2. The number of hydrogen-bond donors (Lipinski definition) is 2. The molecule has 0 aliphatic heterocycles. The lowest BCUT2D eigenvalue weighted by atomic mass is 10.2. The predicted molar refractivity (Wildman–Crippen MR) is 115 cm³/mol. The zero-order valence-corrected chi connectivity index (χ0v) is 17.5. The Balaban J connectivity index is 1.77. The van der Waals surface area contributed by atoms with Gasteiger partial charge in [0.25, 0.3) is 0 Å². The van der Waals surface area contributed by atoms with Crippen molar-refractivity contribution in [3.05, 3.63) is 59.1 Å². The first-order valence-electron chi connectivity index (χ1n) is 9.08. The van der Waals surface area contributed by atoms with Gasteiger partial charge in [-0.3, -0.25) is 19.3 Å². The van der Waals surface area contributed by atoms with Gasteiger partial charge in [0.05, 0.1) is 30.3 Å². The van der Waals surface area contributed by atoms with Gasteiger partial charge in [0, 0.05) is 12.7 Å². The summed E-state index contributed by atoms with van der Waals surface area (Å²) in [4.78, 5) is 39.5. The number of rotatable bonds is 8. The summed E-state index contributed by atoms with van der Waals surface area (Å²) < 4.78 is 0. The minimum atomic E-state index is -0.288. The van der Waals surface area contributed by atoms with Crippen LogP contribution in [-0.2, 0) is 14.4 Å². The molecule has 0 aliphatic rings. The molecule has 2 aromatic rings. The summed E-state index contributed by atoms with van der Waals surface area (Å²) in [5.41, 5.74) is 2.29. The molecule has 154 valence electrons. The number of benzene rings is 2. The molecule has 0 bridgehead atoms. The van der Waals surface area contributed by atoms with Crippen molar-refractivity contribution in [3.8, 4) is 0 Å². The maximum absolute atomic E-state index is 12.3. The van der Waals surface area contributed by atoms with Gasteiger partial charge in [-0.05, 0) is 38.2 Å². The van der Waals surface area contributed by atoms with Gasteiger partial charge in [0.15, 0.2) is 0 Å². The van der Waals surface area contributed by atoms with E-state index >= 15 is 0 Å². The molecule has 0 saturated heterocycles. The number of hydrogen-bond acceptors (Lipinski definition) is 4. The van der Waals surface area contributed by atoms with E-state index < -0.39 is 0 Å². The second kappa shape index (κ2) is 10.6. The summed E-state index contributed by atoms with van der Waals surface area (Å²) >= 11 is 6.02. The van der Waals surface area contributed by atoms with E-state index in [1.807, 2.05) is 19.1 Å². The van der Waals surface area contributed by atoms with Gasteiger partial charge < -0.3 is 15.5 Å². The molecular weight excluding hydrogens is 392 g/mol. The molecule has 0 aliphatic carbocycles. The quantitative estimate of drug-likeness (QED) is 0.693. The maximum Gasteiger partial charge on any atom is 0.243 e. The minimum Gasteiger partial charge on any atom is -0.335 e. The third-order valence-electron chi connectivity index (χ3n) is 4.11. The average Bonchev–Trinajstić information content (AvgIpc) is 2.65. The summed E-state index contributed by atoms with van der Waals surface area (Å²) in [5, 5.41) is 5.90. The highest BCUT2D eigenvalue weighted by Crippen LogP contribution is 2.20. The summed E-state index contributed by atoms with van der Waals surface area (Å²) in [7, 11) is 3.21. The first kappa shape index (κ1) is 22.4. The van der Waals surface area contributed by atoms with Gasteiger partial charge in [-0.1, -0.05) is 41.4 Å². The highest BCUT2D eigenvalue weighted by Gasteiger charge is 2.17. The first-order chi connectivity index (χ1) is 13.7. The van der Waals surface area contributed by atoms with Gasteiger partial charge in [0.1, 0.15) is 0 Å². The lowest BCUT2D eigenvalue weighted by Gasteiger charge is -2.21.